The first kappa shape index (κ1) is 11.6. The van der Waals surface area contributed by atoms with Crippen LogP contribution in [0.4, 0.5) is 0 Å². The first-order valence-electron chi connectivity index (χ1n) is 6.28. The molecule has 0 aliphatic rings. The van der Waals surface area contributed by atoms with E-state index < -0.39 is 0 Å². The molecule has 1 heterocycles. The third kappa shape index (κ3) is 1.90. The summed E-state index contributed by atoms with van der Waals surface area (Å²) in [5.74, 6) is 0. The van der Waals surface area contributed by atoms with E-state index in [2.05, 4.69) is 49.2 Å². The van der Waals surface area contributed by atoms with Crippen LogP contribution in [-0.2, 0) is 0 Å². The van der Waals surface area contributed by atoms with E-state index in [1.165, 1.54) is 16.7 Å². The van der Waals surface area contributed by atoms with Gasteiger partial charge in [0.25, 0.3) is 0 Å². The number of nitriles is 1. The van der Waals surface area contributed by atoms with Crippen LogP contribution in [0.25, 0.3) is 22.2 Å². The molecule has 0 bridgehead atoms. The van der Waals surface area contributed by atoms with Gasteiger partial charge in [-0.15, -0.1) is 0 Å². The Kier molecular flexibility index (Phi) is 2.61. The van der Waals surface area contributed by atoms with E-state index in [0.29, 0.717) is 5.56 Å². The summed E-state index contributed by atoms with van der Waals surface area (Å²) in [4.78, 5) is 3.45. The smallest absolute Gasteiger partial charge is 0.0991 e. The average Bonchev–Trinajstić information content (AvgIpc) is 2.76. The van der Waals surface area contributed by atoms with E-state index in [1.54, 1.807) is 0 Å². The van der Waals surface area contributed by atoms with Gasteiger partial charge in [-0.25, -0.2) is 0 Å². The monoisotopic (exact) mass is 246 g/mol. The Morgan fingerprint density at radius 1 is 1.05 bits per heavy atom. The van der Waals surface area contributed by atoms with Crippen molar-refractivity contribution >= 4 is 10.9 Å². The molecular formula is C17H14N2. The number of hydrogen-bond donors (Lipinski definition) is 1. The van der Waals surface area contributed by atoms with E-state index in [9.17, 15) is 0 Å². The van der Waals surface area contributed by atoms with Gasteiger partial charge in [-0.1, -0.05) is 23.8 Å². The lowest BCUT2D eigenvalue weighted by atomic mass is 10.0. The van der Waals surface area contributed by atoms with Crippen molar-refractivity contribution in [2.75, 3.05) is 0 Å². The minimum atomic E-state index is 0.699. The molecule has 3 aromatic rings. The minimum absolute atomic E-state index is 0.699. The predicted molar refractivity (Wildman–Crippen MR) is 77.9 cm³/mol. The van der Waals surface area contributed by atoms with Crippen molar-refractivity contribution in [3.05, 3.63) is 59.2 Å². The van der Waals surface area contributed by atoms with Crippen LogP contribution >= 0.6 is 0 Å². The SMILES string of the molecule is Cc1cccc(-c2[nH]c3ccc(C#N)cc3c2C)c1. The van der Waals surface area contributed by atoms with Gasteiger partial charge in [-0.2, -0.15) is 5.26 Å². The maximum Gasteiger partial charge on any atom is 0.0991 e. The first-order chi connectivity index (χ1) is 9.19. The lowest BCUT2D eigenvalue weighted by Gasteiger charge is -2.01. The van der Waals surface area contributed by atoms with Gasteiger partial charge >= 0.3 is 0 Å². The molecule has 2 heteroatoms. The fourth-order valence-electron chi connectivity index (χ4n) is 2.49. The zero-order valence-electron chi connectivity index (χ0n) is 11.0. The standard InChI is InChI=1S/C17H14N2/c1-11-4-3-5-14(8-11)17-12(2)15-9-13(10-18)6-7-16(15)19-17/h3-9,19H,1-2H3. The van der Waals surface area contributed by atoms with Gasteiger partial charge in [-0.3, -0.25) is 0 Å². The van der Waals surface area contributed by atoms with Crippen LogP contribution in [0.2, 0.25) is 0 Å². The lowest BCUT2D eigenvalue weighted by Crippen LogP contribution is -1.81. The molecular weight excluding hydrogens is 232 g/mol. The average molecular weight is 246 g/mol. The second-order valence-corrected chi connectivity index (χ2v) is 4.87. The van der Waals surface area contributed by atoms with Crippen LogP contribution < -0.4 is 0 Å². The fraction of sp³-hybridized carbons (Fsp3) is 0.118. The van der Waals surface area contributed by atoms with Crippen LogP contribution in [-0.4, -0.2) is 4.98 Å². The molecule has 0 spiro atoms. The summed E-state index contributed by atoms with van der Waals surface area (Å²) in [6.07, 6.45) is 0. The van der Waals surface area contributed by atoms with Crippen molar-refractivity contribution in [3.8, 4) is 17.3 Å². The normalized spacial score (nSPS) is 10.6. The lowest BCUT2D eigenvalue weighted by molar-refractivity contribution is 1.38. The number of aromatic amines is 1. The molecule has 0 saturated carbocycles. The van der Waals surface area contributed by atoms with Crippen molar-refractivity contribution in [1.82, 2.24) is 4.98 Å². The van der Waals surface area contributed by atoms with E-state index in [1.807, 2.05) is 18.2 Å². The highest BCUT2D eigenvalue weighted by Gasteiger charge is 2.10. The van der Waals surface area contributed by atoms with Crippen LogP contribution in [0.3, 0.4) is 0 Å². The predicted octanol–water partition coefficient (Wildman–Crippen LogP) is 4.32. The summed E-state index contributed by atoms with van der Waals surface area (Å²) in [7, 11) is 0. The molecule has 3 rings (SSSR count). The van der Waals surface area contributed by atoms with Crippen LogP contribution in [0.15, 0.2) is 42.5 Å². The third-order valence-electron chi connectivity index (χ3n) is 3.49. The first-order valence-corrected chi connectivity index (χ1v) is 6.28. The van der Waals surface area contributed by atoms with E-state index in [4.69, 9.17) is 5.26 Å². The number of nitrogens with zero attached hydrogens (tertiary/aromatic N) is 1. The van der Waals surface area contributed by atoms with Gasteiger partial charge in [0.05, 0.1) is 11.6 Å². The Bertz CT molecular complexity index is 804. The quantitative estimate of drug-likeness (QED) is 0.682. The maximum absolute atomic E-state index is 8.99. The zero-order chi connectivity index (χ0) is 13.4. The van der Waals surface area contributed by atoms with E-state index in [0.717, 1.165) is 16.6 Å². The van der Waals surface area contributed by atoms with Gasteiger partial charge in [0.15, 0.2) is 0 Å². The Labute approximate surface area is 112 Å². The third-order valence-corrected chi connectivity index (χ3v) is 3.49. The van der Waals surface area contributed by atoms with Crippen molar-refractivity contribution < 1.29 is 0 Å². The number of fused-ring (bicyclic) bond motifs is 1. The molecule has 92 valence electrons. The second kappa shape index (κ2) is 4.29. The Morgan fingerprint density at radius 3 is 2.63 bits per heavy atom. The van der Waals surface area contributed by atoms with Crippen LogP contribution in [0.5, 0.6) is 0 Å². The molecule has 0 amide bonds. The molecule has 1 N–H and O–H groups in total. The molecule has 0 aliphatic heterocycles. The Hall–Kier alpha value is -2.53. The number of rotatable bonds is 1. The number of hydrogen-bond acceptors (Lipinski definition) is 1. The number of H-pyrrole nitrogens is 1. The van der Waals surface area contributed by atoms with Gasteiger partial charge in [0, 0.05) is 16.6 Å². The highest BCUT2D eigenvalue weighted by atomic mass is 14.7. The fourth-order valence-corrected chi connectivity index (χ4v) is 2.49. The molecule has 1 aromatic heterocycles. The Balaban J connectivity index is 2.26. The Morgan fingerprint density at radius 2 is 1.89 bits per heavy atom. The molecule has 0 saturated heterocycles. The minimum Gasteiger partial charge on any atom is -0.354 e. The van der Waals surface area contributed by atoms with Crippen molar-refractivity contribution in [2.24, 2.45) is 0 Å². The highest BCUT2D eigenvalue weighted by Crippen LogP contribution is 2.30. The number of aromatic nitrogens is 1. The summed E-state index contributed by atoms with van der Waals surface area (Å²) in [6, 6.07) is 16.4. The number of nitrogens with one attached hydrogen (secondary N) is 1. The molecule has 0 radical (unpaired) electrons. The summed E-state index contributed by atoms with van der Waals surface area (Å²) in [6.45, 7) is 4.19. The molecule has 0 atom stereocenters. The summed E-state index contributed by atoms with van der Waals surface area (Å²) >= 11 is 0. The van der Waals surface area contributed by atoms with E-state index >= 15 is 0 Å². The largest absolute Gasteiger partial charge is 0.354 e. The topological polar surface area (TPSA) is 39.6 Å². The number of benzene rings is 2. The van der Waals surface area contributed by atoms with Crippen LogP contribution in [0.1, 0.15) is 16.7 Å². The highest BCUT2D eigenvalue weighted by molar-refractivity contribution is 5.91. The summed E-state index contributed by atoms with van der Waals surface area (Å²) < 4.78 is 0. The summed E-state index contributed by atoms with van der Waals surface area (Å²) in [5.41, 5.74) is 6.53. The number of aryl methyl sites for hydroxylation is 2. The van der Waals surface area contributed by atoms with Gasteiger partial charge in [0.2, 0.25) is 0 Å². The van der Waals surface area contributed by atoms with E-state index in [-0.39, 0.29) is 0 Å². The zero-order valence-corrected chi connectivity index (χ0v) is 11.0. The molecule has 0 aliphatic carbocycles. The van der Waals surface area contributed by atoms with Crippen molar-refractivity contribution in [2.45, 2.75) is 13.8 Å². The maximum atomic E-state index is 8.99. The molecule has 0 unspecified atom stereocenters. The molecule has 2 nitrogen and oxygen atoms in total. The molecule has 0 fully saturated rings. The van der Waals surface area contributed by atoms with Crippen LogP contribution in [0, 0.1) is 25.2 Å². The van der Waals surface area contributed by atoms with Gasteiger partial charge in [0.1, 0.15) is 0 Å². The van der Waals surface area contributed by atoms with Gasteiger partial charge < -0.3 is 4.98 Å². The summed E-state index contributed by atoms with van der Waals surface area (Å²) in [5, 5.41) is 10.1. The molecule has 19 heavy (non-hydrogen) atoms. The molecule has 2 aromatic carbocycles. The second-order valence-electron chi connectivity index (χ2n) is 4.87. The van der Waals surface area contributed by atoms with Crippen molar-refractivity contribution in [3.63, 3.8) is 0 Å². The van der Waals surface area contributed by atoms with Gasteiger partial charge in [-0.05, 0) is 49.2 Å². The van der Waals surface area contributed by atoms with Crippen molar-refractivity contribution in [1.29, 1.82) is 5.26 Å².